The molecule has 2 rings (SSSR count). The van der Waals surface area contributed by atoms with E-state index in [0.29, 0.717) is 11.4 Å². The summed E-state index contributed by atoms with van der Waals surface area (Å²) in [7, 11) is 0. The van der Waals surface area contributed by atoms with E-state index in [4.69, 9.17) is 11.5 Å². The van der Waals surface area contributed by atoms with Crippen LogP contribution in [0.4, 0.5) is 11.4 Å². The number of Topliss-reactive ketones (excluding diaryl/α,β-unsaturated/α-hetero) is 1. The van der Waals surface area contributed by atoms with Gasteiger partial charge in [0.2, 0.25) is 0 Å². The average molecular weight is 268 g/mol. The number of carbonyl (C=O) groups is 1. The molecule has 0 fully saturated rings. The zero-order chi connectivity index (χ0) is 14.7. The van der Waals surface area contributed by atoms with Gasteiger partial charge in [-0.3, -0.25) is 4.79 Å². The molecule has 3 heteroatoms. The first-order chi connectivity index (χ1) is 9.49. The molecule has 0 saturated heterocycles. The van der Waals surface area contributed by atoms with Crippen molar-refractivity contribution in [1.82, 2.24) is 0 Å². The number of rotatable bonds is 4. The van der Waals surface area contributed by atoms with Gasteiger partial charge < -0.3 is 11.5 Å². The lowest BCUT2D eigenvalue weighted by molar-refractivity contribution is -0.121. The number of ketones is 1. The van der Waals surface area contributed by atoms with E-state index < -0.39 is 0 Å². The van der Waals surface area contributed by atoms with Gasteiger partial charge in [-0.2, -0.15) is 0 Å². The summed E-state index contributed by atoms with van der Waals surface area (Å²) < 4.78 is 0. The van der Waals surface area contributed by atoms with Crippen molar-refractivity contribution in [2.45, 2.75) is 25.7 Å². The summed E-state index contributed by atoms with van der Waals surface area (Å²) in [4.78, 5) is 12.6. The molecule has 3 nitrogen and oxygen atoms in total. The molecule has 0 aliphatic carbocycles. The van der Waals surface area contributed by atoms with Crippen molar-refractivity contribution < 1.29 is 4.79 Å². The van der Waals surface area contributed by atoms with Crippen molar-refractivity contribution in [2.75, 3.05) is 11.5 Å². The smallest absolute Gasteiger partial charge is 0.147 e. The van der Waals surface area contributed by atoms with E-state index >= 15 is 0 Å². The SMILES string of the molecule is CC(C(=O)C(C)c1ccc(N)cc1)c1ccc(N)cc1. The number of benzene rings is 2. The van der Waals surface area contributed by atoms with Crippen molar-refractivity contribution in [2.24, 2.45) is 0 Å². The lowest BCUT2D eigenvalue weighted by Gasteiger charge is -2.17. The number of carbonyl (C=O) groups excluding carboxylic acids is 1. The normalized spacial score (nSPS) is 13.7. The molecule has 0 aromatic heterocycles. The van der Waals surface area contributed by atoms with Crippen molar-refractivity contribution in [3.05, 3.63) is 59.7 Å². The number of nitrogen functional groups attached to an aromatic ring is 2. The number of anilines is 2. The average Bonchev–Trinajstić information content (AvgIpc) is 2.46. The van der Waals surface area contributed by atoms with Gasteiger partial charge in [-0.15, -0.1) is 0 Å². The molecule has 104 valence electrons. The third-order valence-electron chi connectivity index (χ3n) is 3.73. The first-order valence-corrected chi connectivity index (χ1v) is 6.73. The lowest BCUT2D eigenvalue weighted by atomic mass is 9.86. The molecule has 2 unspecified atom stereocenters. The Morgan fingerprint density at radius 3 is 1.35 bits per heavy atom. The Labute approximate surface area is 119 Å². The van der Waals surface area contributed by atoms with Crippen molar-refractivity contribution in [3.63, 3.8) is 0 Å². The highest BCUT2D eigenvalue weighted by Gasteiger charge is 2.22. The predicted octanol–water partition coefficient (Wildman–Crippen LogP) is 3.33. The van der Waals surface area contributed by atoms with Gasteiger partial charge in [0.25, 0.3) is 0 Å². The highest BCUT2D eigenvalue weighted by molar-refractivity contribution is 5.91. The first-order valence-electron chi connectivity index (χ1n) is 6.73. The number of hydrogen-bond donors (Lipinski definition) is 2. The van der Waals surface area contributed by atoms with Crippen LogP contribution in [0.1, 0.15) is 36.8 Å². The molecule has 0 heterocycles. The monoisotopic (exact) mass is 268 g/mol. The van der Waals surface area contributed by atoms with Crippen LogP contribution in [0.15, 0.2) is 48.5 Å². The van der Waals surface area contributed by atoms with Crippen LogP contribution in [0.3, 0.4) is 0 Å². The summed E-state index contributed by atoms with van der Waals surface area (Å²) in [6.07, 6.45) is 0. The predicted molar refractivity (Wildman–Crippen MR) is 83.5 cm³/mol. The maximum atomic E-state index is 12.6. The maximum Gasteiger partial charge on any atom is 0.147 e. The zero-order valence-electron chi connectivity index (χ0n) is 11.8. The Kier molecular flexibility index (Phi) is 4.08. The molecular formula is C17H20N2O. The molecular weight excluding hydrogens is 248 g/mol. The van der Waals surface area contributed by atoms with Gasteiger partial charge in [-0.25, -0.2) is 0 Å². The molecule has 0 aliphatic heterocycles. The van der Waals surface area contributed by atoms with Gasteiger partial charge in [0.15, 0.2) is 0 Å². The van der Waals surface area contributed by atoms with E-state index in [1.165, 1.54) is 0 Å². The van der Waals surface area contributed by atoms with E-state index in [2.05, 4.69) is 0 Å². The fraction of sp³-hybridized carbons (Fsp3) is 0.235. The van der Waals surface area contributed by atoms with E-state index in [1.807, 2.05) is 62.4 Å². The largest absolute Gasteiger partial charge is 0.399 e. The first kappa shape index (κ1) is 14.1. The summed E-state index contributed by atoms with van der Waals surface area (Å²) in [6, 6.07) is 14.9. The van der Waals surface area contributed by atoms with Gasteiger partial charge in [0.1, 0.15) is 5.78 Å². The molecule has 0 saturated carbocycles. The molecule has 2 aromatic rings. The minimum atomic E-state index is -0.150. The van der Waals surface area contributed by atoms with Crippen molar-refractivity contribution in [3.8, 4) is 0 Å². The minimum Gasteiger partial charge on any atom is -0.399 e. The van der Waals surface area contributed by atoms with Crippen molar-refractivity contribution >= 4 is 17.2 Å². The van der Waals surface area contributed by atoms with Crippen LogP contribution in [0, 0.1) is 0 Å². The second-order valence-corrected chi connectivity index (χ2v) is 5.18. The zero-order valence-corrected chi connectivity index (χ0v) is 11.8. The third-order valence-corrected chi connectivity index (χ3v) is 3.73. The van der Waals surface area contributed by atoms with Gasteiger partial charge in [-0.05, 0) is 35.4 Å². The van der Waals surface area contributed by atoms with E-state index in [-0.39, 0.29) is 17.6 Å². The van der Waals surface area contributed by atoms with E-state index in [1.54, 1.807) is 0 Å². The summed E-state index contributed by atoms with van der Waals surface area (Å²) in [5.41, 5.74) is 14.7. The van der Waals surface area contributed by atoms with Crippen LogP contribution in [-0.4, -0.2) is 5.78 Å². The molecule has 0 spiro atoms. The summed E-state index contributed by atoms with van der Waals surface area (Å²) in [5, 5.41) is 0. The quantitative estimate of drug-likeness (QED) is 0.836. The maximum absolute atomic E-state index is 12.6. The fourth-order valence-electron chi connectivity index (χ4n) is 2.27. The van der Waals surface area contributed by atoms with E-state index in [9.17, 15) is 4.79 Å². The molecule has 0 amide bonds. The molecule has 2 aromatic carbocycles. The molecule has 0 radical (unpaired) electrons. The van der Waals surface area contributed by atoms with Gasteiger partial charge in [0, 0.05) is 23.2 Å². The van der Waals surface area contributed by atoms with Crippen LogP contribution in [0.25, 0.3) is 0 Å². The van der Waals surface area contributed by atoms with Gasteiger partial charge in [-0.1, -0.05) is 38.1 Å². The molecule has 2 atom stereocenters. The van der Waals surface area contributed by atoms with Gasteiger partial charge in [0.05, 0.1) is 0 Å². The Balaban J connectivity index is 2.17. The van der Waals surface area contributed by atoms with E-state index in [0.717, 1.165) is 11.1 Å². The third kappa shape index (κ3) is 2.99. The van der Waals surface area contributed by atoms with Crippen LogP contribution in [0.5, 0.6) is 0 Å². The highest BCUT2D eigenvalue weighted by Crippen LogP contribution is 2.27. The number of hydrogen-bond acceptors (Lipinski definition) is 3. The lowest BCUT2D eigenvalue weighted by Crippen LogP contribution is -2.16. The van der Waals surface area contributed by atoms with Crippen molar-refractivity contribution in [1.29, 1.82) is 0 Å². The Hall–Kier alpha value is -2.29. The Morgan fingerprint density at radius 1 is 0.750 bits per heavy atom. The highest BCUT2D eigenvalue weighted by atomic mass is 16.1. The summed E-state index contributed by atoms with van der Waals surface area (Å²) >= 11 is 0. The van der Waals surface area contributed by atoms with Crippen LogP contribution in [0.2, 0.25) is 0 Å². The Bertz CT molecular complexity index is 534. The second-order valence-electron chi connectivity index (χ2n) is 5.18. The standard InChI is InChI=1S/C17H20N2O/c1-11(13-3-7-15(18)8-4-13)17(20)12(2)14-5-9-16(19)10-6-14/h3-12H,18-19H2,1-2H3. The second kappa shape index (κ2) is 5.78. The molecule has 20 heavy (non-hydrogen) atoms. The summed E-state index contributed by atoms with van der Waals surface area (Å²) in [5.74, 6) is -0.106. The Morgan fingerprint density at radius 2 is 1.05 bits per heavy atom. The van der Waals surface area contributed by atoms with Crippen LogP contribution in [-0.2, 0) is 4.79 Å². The topological polar surface area (TPSA) is 69.1 Å². The van der Waals surface area contributed by atoms with Crippen LogP contribution >= 0.6 is 0 Å². The molecule has 4 N–H and O–H groups in total. The number of nitrogens with two attached hydrogens (primary N) is 2. The fourth-order valence-corrected chi connectivity index (χ4v) is 2.27. The summed E-state index contributed by atoms with van der Waals surface area (Å²) in [6.45, 7) is 3.86. The van der Waals surface area contributed by atoms with Gasteiger partial charge >= 0.3 is 0 Å². The minimum absolute atomic E-state index is 0.150. The molecule has 0 bridgehead atoms. The van der Waals surface area contributed by atoms with Crippen LogP contribution < -0.4 is 11.5 Å². The molecule has 0 aliphatic rings.